The lowest BCUT2D eigenvalue weighted by Crippen LogP contribution is -2.61. The van der Waals surface area contributed by atoms with Crippen molar-refractivity contribution in [1.29, 1.82) is 0 Å². The van der Waals surface area contributed by atoms with Crippen molar-refractivity contribution in [3.63, 3.8) is 0 Å². The van der Waals surface area contributed by atoms with Crippen LogP contribution in [0.3, 0.4) is 0 Å². The Bertz CT molecular complexity index is 2250. The van der Waals surface area contributed by atoms with Crippen LogP contribution in [0.1, 0.15) is 98.6 Å². The molecule has 0 bridgehead atoms. The fourth-order valence-corrected chi connectivity index (χ4v) is 8.41. The van der Waals surface area contributed by atoms with Crippen molar-refractivity contribution in [2.75, 3.05) is 25.2 Å². The minimum atomic E-state index is -1.70. The van der Waals surface area contributed by atoms with Gasteiger partial charge in [0, 0.05) is 6.42 Å². The van der Waals surface area contributed by atoms with E-state index in [1.807, 2.05) is 13.8 Å². The maximum atomic E-state index is 14.1. The fraction of sp³-hybridized carbons (Fsp3) is 0.604. The molecule has 0 radical (unpaired) electrons. The van der Waals surface area contributed by atoms with Gasteiger partial charge in [-0.3, -0.25) is 38.4 Å². The predicted molar refractivity (Wildman–Crippen MR) is 290 cm³/mol. The van der Waals surface area contributed by atoms with Crippen molar-refractivity contribution in [3.05, 3.63) is 59.7 Å². The molecule has 2 aromatic carbocycles. The lowest BCUT2D eigenvalue weighted by atomic mass is 9.99. The molecule has 0 fully saturated rings. The molecule has 0 spiro atoms. The molecule has 8 amide bonds. The van der Waals surface area contributed by atoms with Gasteiger partial charge in [0.15, 0.2) is 0 Å². The number of carbonyl (C=O) groups is 9. The Hall–Kier alpha value is -6.50. The average Bonchev–Trinajstić information content (AvgIpc) is 3.35. The van der Waals surface area contributed by atoms with Gasteiger partial charge in [-0.15, -0.1) is 0 Å². The minimum Gasteiger partial charge on any atom is -0.508 e. The summed E-state index contributed by atoms with van der Waals surface area (Å²) in [6.45, 7) is 12.4. The summed E-state index contributed by atoms with van der Waals surface area (Å²) < 4.78 is 0. The van der Waals surface area contributed by atoms with Gasteiger partial charge < -0.3 is 73.8 Å². The first-order chi connectivity index (χ1) is 36.2. The number of thioether (sulfide) groups is 1. The van der Waals surface area contributed by atoms with Gasteiger partial charge in [0.05, 0.1) is 19.3 Å². The number of phenolic OH excluding ortho intramolecular Hbond substituents is 2. The molecule has 0 aliphatic carbocycles. The molecule has 430 valence electrons. The highest BCUT2D eigenvalue weighted by atomic mass is 32.2. The Labute approximate surface area is 455 Å². The Morgan fingerprint density at radius 2 is 0.714 bits per heavy atom. The molecule has 0 heterocycles. The number of aromatic hydroxyl groups is 2. The summed E-state index contributed by atoms with van der Waals surface area (Å²) in [5.74, 6) is -8.42. The van der Waals surface area contributed by atoms with Crippen LogP contribution in [-0.4, -0.2) is 158 Å². The Kier molecular flexibility index (Phi) is 29.1. The highest BCUT2D eigenvalue weighted by Gasteiger charge is 2.36. The van der Waals surface area contributed by atoms with E-state index in [-0.39, 0.29) is 80.1 Å². The van der Waals surface area contributed by atoms with Gasteiger partial charge in [0.2, 0.25) is 47.3 Å². The molecule has 0 aliphatic heterocycles. The second kappa shape index (κ2) is 33.6. The van der Waals surface area contributed by atoms with Crippen LogP contribution in [0.4, 0.5) is 0 Å². The molecule has 2 rings (SSSR count). The summed E-state index contributed by atoms with van der Waals surface area (Å²) in [5.41, 5.74) is 7.34. The van der Waals surface area contributed by atoms with Gasteiger partial charge in [-0.2, -0.15) is 11.8 Å². The zero-order chi connectivity index (χ0) is 58.1. The third-order valence-electron chi connectivity index (χ3n) is 12.0. The number of carboxylic acid groups (broad SMARTS) is 1. The van der Waals surface area contributed by atoms with Crippen LogP contribution in [0.5, 0.6) is 11.5 Å². The van der Waals surface area contributed by atoms with E-state index in [9.17, 15) is 68.7 Å². The Morgan fingerprint density at radius 1 is 0.429 bits per heavy atom. The van der Waals surface area contributed by atoms with Crippen molar-refractivity contribution in [2.24, 2.45) is 29.4 Å². The number of phenols is 2. The van der Waals surface area contributed by atoms with Gasteiger partial charge >= 0.3 is 5.97 Å². The molecule has 0 saturated carbocycles. The zero-order valence-electron chi connectivity index (χ0n) is 45.6. The van der Waals surface area contributed by atoms with Crippen LogP contribution in [0.25, 0.3) is 0 Å². The number of hydrogen-bond donors (Lipinski definition) is 14. The summed E-state index contributed by atoms with van der Waals surface area (Å²) in [6.07, 6.45) is 2.03. The fourth-order valence-electron chi connectivity index (χ4n) is 7.93. The number of aliphatic hydroxyl groups excluding tert-OH is 2. The third-order valence-corrected chi connectivity index (χ3v) is 12.6. The van der Waals surface area contributed by atoms with E-state index in [0.717, 1.165) is 0 Å². The van der Waals surface area contributed by atoms with Gasteiger partial charge in [0.25, 0.3) is 0 Å². The summed E-state index contributed by atoms with van der Waals surface area (Å²) in [7, 11) is 0. The number of aliphatic carboxylic acids is 1. The lowest BCUT2D eigenvalue weighted by Gasteiger charge is -2.28. The topological polar surface area (TPSA) is 377 Å². The monoisotopic (exact) mass is 1100 g/mol. The lowest BCUT2D eigenvalue weighted by molar-refractivity contribution is -0.143. The van der Waals surface area contributed by atoms with Crippen LogP contribution >= 0.6 is 11.8 Å². The third kappa shape index (κ3) is 24.6. The molecule has 9 atom stereocenters. The van der Waals surface area contributed by atoms with Crippen LogP contribution < -0.4 is 48.3 Å². The molecule has 0 unspecified atom stereocenters. The molecule has 0 saturated heterocycles. The van der Waals surface area contributed by atoms with Crippen molar-refractivity contribution in [2.45, 2.75) is 155 Å². The van der Waals surface area contributed by atoms with Crippen molar-refractivity contribution in [1.82, 2.24) is 42.5 Å². The Morgan fingerprint density at radius 3 is 1.08 bits per heavy atom. The van der Waals surface area contributed by atoms with Crippen LogP contribution in [0.2, 0.25) is 0 Å². The molecule has 15 N–H and O–H groups in total. The first-order valence-electron chi connectivity index (χ1n) is 25.9. The quantitative estimate of drug-likeness (QED) is 0.0442. The van der Waals surface area contributed by atoms with E-state index in [2.05, 4.69) is 42.5 Å². The zero-order valence-corrected chi connectivity index (χ0v) is 46.4. The standard InChI is InChI=1S/C53H83N9O14S/c1-28(2)20-38(56-45(67)36(54)24-32-10-14-34(65)15-11-32)47(69)59-41(25-33-12-16-35(66)17-13-33)50(72)62-44(27-64)52(74)58-39(21-29(3)4)48(70)57-40(22-30(5)6)49(71)61-43(26-63)51(73)55-37(18-19-77-9)46(68)60-42(53(75)76)23-31(7)8/h10-17,28-31,36-44,63-66H,18-27,54H2,1-9H3,(H,55,73)(H,56,67)(H,57,70)(H,58,74)(H,59,69)(H,60,68)(H,61,71)(H,62,72)(H,75,76)/t36-,37-,38-,39-,40-,41-,42-,43-,44-/m0/s1. The van der Waals surface area contributed by atoms with E-state index >= 15 is 0 Å². The highest BCUT2D eigenvalue weighted by molar-refractivity contribution is 7.98. The first-order valence-corrected chi connectivity index (χ1v) is 27.2. The first kappa shape index (κ1) is 66.6. The number of nitrogens with one attached hydrogen (secondary N) is 8. The van der Waals surface area contributed by atoms with E-state index in [1.54, 1.807) is 59.9 Å². The molecule has 23 nitrogen and oxygen atoms in total. The number of hydrogen-bond acceptors (Lipinski definition) is 15. The largest absolute Gasteiger partial charge is 0.508 e. The molecule has 24 heteroatoms. The second-order valence-corrected chi connectivity index (χ2v) is 21.8. The van der Waals surface area contributed by atoms with Crippen molar-refractivity contribution < 1.29 is 68.7 Å². The number of carbonyl (C=O) groups excluding carboxylic acids is 8. The number of aliphatic hydroxyl groups is 2. The average molecular weight is 1100 g/mol. The number of rotatable bonds is 34. The van der Waals surface area contributed by atoms with Crippen molar-refractivity contribution >= 4 is 65.0 Å². The molecule has 0 aromatic heterocycles. The van der Waals surface area contributed by atoms with E-state index in [4.69, 9.17) is 5.73 Å². The summed E-state index contributed by atoms with van der Waals surface area (Å²) in [4.78, 5) is 122. The number of benzene rings is 2. The molecule has 2 aromatic rings. The van der Waals surface area contributed by atoms with Crippen LogP contribution in [0.15, 0.2) is 48.5 Å². The normalized spacial score (nSPS) is 14.9. The maximum absolute atomic E-state index is 14.1. The van der Waals surface area contributed by atoms with Gasteiger partial charge in [-0.1, -0.05) is 79.7 Å². The van der Waals surface area contributed by atoms with E-state index < -0.39 is 121 Å². The van der Waals surface area contributed by atoms with Gasteiger partial charge in [-0.25, -0.2) is 4.79 Å². The molecule has 0 aliphatic rings. The van der Waals surface area contributed by atoms with E-state index in [0.29, 0.717) is 16.9 Å². The highest BCUT2D eigenvalue weighted by Crippen LogP contribution is 2.16. The predicted octanol–water partition coefficient (Wildman–Crippen LogP) is 0.0954. The number of carboxylic acids is 1. The number of amides is 8. The van der Waals surface area contributed by atoms with Crippen molar-refractivity contribution in [3.8, 4) is 11.5 Å². The van der Waals surface area contributed by atoms with Gasteiger partial charge in [0.1, 0.15) is 59.8 Å². The molecular formula is C53H83N9O14S. The van der Waals surface area contributed by atoms with Crippen LogP contribution in [-0.2, 0) is 56.0 Å². The van der Waals surface area contributed by atoms with E-state index in [1.165, 1.54) is 48.2 Å². The second-order valence-electron chi connectivity index (χ2n) is 20.8. The summed E-state index contributed by atoms with van der Waals surface area (Å²) in [6, 6.07) is -0.324. The molecular weight excluding hydrogens is 1020 g/mol. The number of nitrogens with two attached hydrogens (primary N) is 1. The summed E-state index contributed by atoms with van der Waals surface area (Å²) in [5, 5.41) is 70.4. The summed E-state index contributed by atoms with van der Waals surface area (Å²) >= 11 is 1.37. The minimum absolute atomic E-state index is 0.00184. The molecule has 77 heavy (non-hydrogen) atoms. The van der Waals surface area contributed by atoms with Gasteiger partial charge in [-0.05, 0) is 110 Å². The smallest absolute Gasteiger partial charge is 0.326 e. The Balaban J connectivity index is 2.34. The van der Waals surface area contributed by atoms with Crippen LogP contribution in [0, 0.1) is 23.7 Å². The SMILES string of the molecule is CSCC[C@H](NC(=O)[C@H](CO)NC(=O)[C@H](CC(C)C)NC(=O)[C@H](CC(C)C)NC(=O)[C@H](CO)NC(=O)[C@H](Cc1ccc(O)cc1)NC(=O)[C@H](CC(C)C)NC(=O)[C@@H](N)Cc1ccc(O)cc1)C(=O)N[C@@H](CC(C)C)C(=O)O. The maximum Gasteiger partial charge on any atom is 0.326 e.